The molecule has 0 aromatic rings. The van der Waals surface area contributed by atoms with Gasteiger partial charge in [-0.1, -0.05) is 27.7 Å². The zero-order valence-corrected chi connectivity index (χ0v) is 12.9. The van der Waals surface area contributed by atoms with Crippen molar-refractivity contribution in [2.24, 2.45) is 10.8 Å². The minimum absolute atomic E-state index is 0.00164. The molecule has 0 saturated heterocycles. The SMILES string of the molecule is CC1(C)CCC(=O)C2=C1NC1=C(C2)C(=O)CCC1(C)C. The number of dihydropyridines is 1. The quantitative estimate of drug-likeness (QED) is 0.737. The maximum absolute atomic E-state index is 12.2. The summed E-state index contributed by atoms with van der Waals surface area (Å²) in [4.78, 5) is 24.5. The summed E-state index contributed by atoms with van der Waals surface area (Å²) >= 11 is 0. The number of hydrogen-bond acceptors (Lipinski definition) is 3. The van der Waals surface area contributed by atoms with Gasteiger partial charge in [-0.15, -0.1) is 0 Å². The second-order valence-electron chi connectivity index (χ2n) is 7.62. The highest BCUT2D eigenvalue weighted by Gasteiger charge is 2.43. The molecule has 0 atom stereocenters. The van der Waals surface area contributed by atoms with E-state index < -0.39 is 0 Å². The van der Waals surface area contributed by atoms with E-state index in [9.17, 15) is 9.59 Å². The molecule has 0 aromatic carbocycles. The predicted molar refractivity (Wildman–Crippen MR) is 77.8 cm³/mol. The fraction of sp³-hybridized carbons (Fsp3) is 0.647. The largest absolute Gasteiger partial charge is 0.361 e. The van der Waals surface area contributed by atoms with Gasteiger partial charge in [0.1, 0.15) is 0 Å². The minimum atomic E-state index is -0.00164. The fourth-order valence-corrected chi connectivity index (χ4v) is 3.66. The molecule has 3 aliphatic rings. The first-order chi connectivity index (χ1) is 9.22. The molecular formula is C17H23NO2. The molecule has 2 aliphatic carbocycles. The molecule has 0 amide bonds. The highest BCUT2D eigenvalue weighted by molar-refractivity contribution is 6.04. The standard InChI is InChI=1S/C17H23NO2/c1-16(2)7-5-12(19)10-9-11-13(20)6-8-17(3,4)15(11)18-14(10)16/h18H,5-9H2,1-4H3. The second-order valence-corrected chi connectivity index (χ2v) is 7.62. The molecule has 0 saturated carbocycles. The van der Waals surface area contributed by atoms with Gasteiger partial charge in [0.25, 0.3) is 0 Å². The van der Waals surface area contributed by atoms with E-state index in [1.807, 2.05) is 0 Å². The summed E-state index contributed by atoms with van der Waals surface area (Å²) in [6.07, 6.45) is 3.52. The van der Waals surface area contributed by atoms with Gasteiger partial charge in [0.15, 0.2) is 11.6 Å². The van der Waals surface area contributed by atoms with E-state index in [2.05, 4.69) is 33.0 Å². The van der Waals surface area contributed by atoms with Crippen molar-refractivity contribution in [3.05, 3.63) is 22.5 Å². The van der Waals surface area contributed by atoms with Crippen LogP contribution in [0, 0.1) is 10.8 Å². The maximum atomic E-state index is 12.2. The van der Waals surface area contributed by atoms with Crippen LogP contribution in [0.3, 0.4) is 0 Å². The van der Waals surface area contributed by atoms with E-state index >= 15 is 0 Å². The first kappa shape index (κ1) is 13.6. The van der Waals surface area contributed by atoms with Gasteiger partial charge in [-0.25, -0.2) is 0 Å². The number of nitrogens with one attached hydrogen (secondary N) is 1. The zero-order chi connectivity index (χ0) is 14.7. The predicted octanol–water partition coefficient (Wildman–Crippen LogP) is 3.27. The third-order valence-electron chi connectivity index (χ3n) is 5.19. The Morgan fingerprint density at radius 1 is 0.800 bits per heavy atom. The van der Waals surface area contributed by atoms with Crippen LogP contribution in [0.4, 0.5) is 0 Å². The third kappa shape index (κ3) is 1.87. The topological polar surface area (TPSA) is 46.2 Å². The molecule has 20 heavy (non-hydrogen) atoms. The van der Waals surface area contributed by atoms with Gasteiger partial charge in [0.05, 0.1) is 0 Å². The minimum Gasteiger partial charge on any atom is -0.361 e. The first-order valence-corrected chi connectivity index (χ1v) is 7.53. The van der Waals surface area contributed by atoms with Gasteiger partial charge >= 0.3 is 0 Å². The van der Waals surface area contributed by atoms with Crippen LogP contribution in [0.5, 0.6) is 0 Å². The monoisotopic (exact) mass is 273 g/mol. The molecule has 3 rings (SSSR count). The van der Waals surface area contributed by atoms with Crippen LogP contribution in [-0.2, 0) is 9.59 Å². The van der Waals surface area contributed by atoms with Crippen LogP contribution < -0.4 is 5.32 Å². The van der Waals surface area contributed by atoms with Crippen LogP contribution in [0.1, 0.15) is 59.8 Å². The van der Waals surface area contributed by atoms with Crippen molar-refractivity contribution in [2.45, 2.75) is 59.8 Å². The zero-order valence-electron chi connectivity index (χ0n) is 12.9. The first-order valence-electron chi connectivity index (χ1n) is 7.53. The molecule has 108 valence electrons. The third-order valence-corrected chi connectivity index (χ3v) is 5.19. The number of rotatable bonds is 0. The van der Waals surface area contributed by atoms with E-state index in [1.165, 1.54) is 0 Å². The van der Waals surface area contributed by atoms with Gasteiger partial charge in [0, 0.05) is 52.6 Å². The van der Waals surface area contributed by atoms with Gasteiger partial charge in [-0.05, 0) is 12.8 Å². The molecule has 1 N–H and O–H groups in total. The molecule has 0 unspecified atom stereocenters. The number of carbonyl (C=O) groups excluding carboxylic acids is 2. The maximum Gasteiger partial charge on any atom is 0.160 e. The number of carbonyl (C=O) groups is 2. The van der Waals surface area contributed by atoms with Crippen molar-refractivity contribution in [3.63, 3.8) is 0 Å². The van der Waals surface area contributed by atoms with Crippen LogP contribution in [0.2, 0.25) is 0 Å². The van der Waals surface area contributed by atoms with E-state index in [1.54, 1.807) is 0 Å². The molecule has 3 heteroatoms. The van der Waals surface area contributed by atoms with Crippen molar-refractivity contribution in [1.29, 1.82) is 0 Å². The molecule has 0 fully saturated rings. The van der Waals surface area contributed by atoms with Crippen molar-refractivity contribution in [2.75, 3.05) is 0 Å². The lowest BCUT2D eigenvalue weighted by Gasteiger charge is -2.44. The summed E-state index contributed by atoms with van der Waals surface area (Å²) in [6.45, 7) is 8.74. The Morgan fingerprint density at radius 3 is 1.60 bits per heavy atom. The van der Waals surface area contributed by atoms with Crippen molar-refractivity contribution >= 4 is 11.6 Å². The molecule has 1 heterocycles. The molecule has 0 aromatic heterocycles. The van der Waals surface area contributed by atoms with Gasteiger partial charge < -0.3 is 5.32 Å². The number of hydrogen-bond donors (Lipinski definition) is 1. The summed E-state index contributed by atoms with van der Waals surface area (Å²) < 4.78 is 0. The average molecular weight is 273 g/mol. The number of ketones is 2. The van der Waals surface area contributed by atoms with Crippen molar-refractivity contribution in [3.8, 4) is 0 Å². The Hall–Kier alpha value is -1.38. The Balaban J connectivity index is 2.09. The van der Waals surface area contributed by atoms with Crippen LogP contribution in [-0.4, -0.2) is 11.6 Å². The second kappa shape index (κ2) is 4.06. The normalized spacial score (nSPS) is 28.0. The Morgan fingerprint density at radius 2 is 1.20 bits per heavy atom. The smallest absolute Gasteiger partial charge is 0.160 e. The molecule has 3 nitrogen and oxygen atoms in total. The van der Waals surface area contributed by atoms with E-state index in [0.29, 0.717) is 19.3 Å². The van der Waals surface area contributed by atoms with Gasteiger partial charge in [0.2, 0.25) is 0 Å². The van der Waals surface area contributed by atoms with E-state index in [0.717, 1.165) is 35.4 Å². The Labute approximate surface area is 120 Å². The summed E-state index contributed by atoms with van der Waals surface area (Å²) in [5.74, 6) is 0.434. The summed E-state index contributed by atoms with van der Waals surface area (Å²) in [7, 11) is 0. The molecule has 1 aliphatic heterocycles. The molecular weight excluding hydrogens is 250 g/mol. The average Bonchev–Trinajstić information content (AvgIpc) is 2.38. The lowest BCUT2D eigenvalue weighted by molar-refractivity contribution is -0.117. The summed E-state index contributed by atoms with van der Waals surface area (Å²) in [5.41, 5.74) is 3.83. The lowest BCUT2D eigenvalue weighted by atomic mass is 9.67. The van der Waals surface area contributed by atoms with E-state index in [-0.39, 0.29) is 22.4 Å². The van der Waals surface area contributed by atoms with Crippen molar-refractivity contribution < 1.29 is 9.59 Å². The number of Topliss-reactive ketones (excluding diaryl/α,β-unsaturated/α-hetero) is 2. The molecule has 0 spiro atoms. The van der Waals surface area contributed by atoms with Crippen LogP contribution >= 0.6 is 0 Å². The highest BCUT2D eigenvalue weighted by atomic mass is 16.1. The summed E-state index contributed by atoms with van der Waals surface area (Å²) in [6, 6.07) is 0. The van der Waals surface area contributed by atoms with Crippen molar-refractivity contribution in [1.82, 2.24) is 5.32 Å². The van der Waals surface area contributed by atoms with Crippen LogP contribution in [0.15, 0.2) is 22.5 Å². The highest BCUT2D eigenvalue weighted by Crippen LogP contribution is 2.47. The number of allylic oxidation sites excluding steroid dienone is 4. The molecule has 0 radical (unpaired) electrons. The van der Waals surface area contributed by atoms with Gasteiger partial charge in [-0.2, -0.15) is 0 Å². The van der Waals surface area contributed by atoms with E-state index in [4.69, 9.17) is 0 Å². The fourth-order valence-electron chi connectivity index (χ4n) is 3.66. The Bertz CT molecular complexity index is 526. The van der Waals surface area contributed by atoms with Crippen LogP contribution in [0.25, 0.3) is 0 Å². The Kier molecular flexibility index (Phi) is 2.76. The molecule has 0 bridgehead atoms. The summed E-state index contributed by atoms with van der Waals surface area (Å²) in [5, 5.41) is 3.52. The van der Waals surface area contributed by atoms with Gasteiger partial charge in [-0.3, -0.25) is 9.59 Å². The lowest BCUT2D eigenvalue weighted by Crippen LogP contribution is -2.43.